The van der Waals surface area contributed by atoms with Crippen molar-refractivity contribution in [2.75, 3.05) is 13.1 Å². The molecule has 12 heavy (non-hydrogen) atoms. The summed E-state index contributed by atoms with van der Waals surface area (Å²) in [6, 6.07) is 0. The predicted molar refractivity (Wildman–Crippen MR) is 53.4 cm³/mol. The molecule has 0 aromatic heterocycles. The predicted octanol–water partition coefficient (Wildman–Crippen LogP) is 2.17. The van der Waals surface area contributed by atoms with Crippen molar-refractivity contribution in [3.63, 3.8) is 0 Å². The van der Waals surface area contributed by atoms with Gasteiger partial charge in [0, 0.05) is 24.3 Å². The number of rotatable bonds is 2. The number of piperidine rings is 1. The molecule has 1 aliphatic heterocycles. The van der Waals surface area contributed by atoms with Crippen molar-refractivity contribution >= 4 is 21.8 Å². The van der Waals surface area contributed by atoms with Crippen molar-refractivity contribution in [2.45, 2.75) is 37.4 Å². The summed E-state index contributed by atoms with van der Waals surface area (Å²) in [6.45, 7) is 3.93. The van der Waals surface area contributed by atoms with E-state index in [9.17, 15) is 4.79 Å². The Balaban J connectivity index is 2.29. The smallest absolute Gasteiger partial charge is 0.222 e. The van der Waals surface area contributed by atoms with Crippen molar-refractivity contribution in [3.8, 4) is 0 Å². The summed E-state index contributed by atoms with van der Waals surface area (Å²) in [5.74, 6) is 0.330. The Hall–Kier alpha value is -0.0500. The summed E-state index contributed by atoms with van der Waals surface area (Å²) in [5, 5.41) is 0. The van der Waals surface area contributed by atoms with Crippen molar-refractivity contribution in [1.29, 1.82) is 0 Å². The van der Waals surface area contributed by atoms with Crippen LogP contribution in [0.25, 0.3) is 0 Å². The molecule has 1 aliphatic rings. The van der Waals surface area contributed by atoms with Crippen LogP contribution in [-0.2, 0) is 4.79 Å². The summed E-state index contributed by atoms with van der Waals surface area (Å²) in [6.07, 6.45) is 3.89. The van der Waals surface area contributed by atoms with Gasteiger partial charge in [-0.2, -0.15) is 0 Å². The molecule has 0 unspecified atom stereocenters. The molecule has 1 heterocycles. The summed E-state index contributed by atoms with van der Waals surface area (Å²) in [7, 11) is 0. The van der Waals surface area contributed by atoms with Crippen LogP contribution in [-0.4, -0.2) is 28.7 Å². The fourth-order valence-electron chi connectivity index (χ4n) is 1.47. The molecule has 0 atom stereocenters. The van der Waals surface area contributed by atoms with Gasteiger partial charge in [-0.25, -0.2) is 0 Å². The van der Waals surface area contributed by atoms with E-state index in [-0.39, 0.29) is 0 Å². The van der Waals surface area contributed by atoms with E-state index in [1.165, 1.54) is 0 Å². The van der Waals surface area contributed by atoms with Gasteiger partial charge in [-0.05, 0) is 19.3 Å². The molecule has 0 N–H and O–H groups in total. The van der Waals surface area contributed by atoms with Gasteiger partial charge in [0.2, 0.25) is 5.91 Å². The number of amides is 1. The molecule has 1 rings (SSSR count). The van der Waals surface area contributed by atoms with Gasteiger partial charge in [0.15, 0.2) is 0 Å². The highest BCUT2D eigenvalue weighted by molar-refractivity contribution is 9.09. The molecule has 0 aromatic rings. The van der Waals surface area contributed by atoms with Crippen LogP contribution >= 0.6 is 15.9 Å². The normalized spacial score (nSPS) is 19.7. The molecule has 2 nitrogen and oxygen atoms in total. The Labute approximate surface area is 82.4 Å². The fraction of sp³-hybridized carbons (Fsp3) is 0.889. The maximum atomic E-state index is 11.4. The summed E-state index contributed by atoms with van der Waals surface area (Å²) in [4.78, 5) is 14.0. The van der Waals surface area contributed by atoms with Crippen LogP contribution in [0.2, 0.25) is 0 Å². The molecule has 0 aromatic carbocycles. The Kier molecular flexibility index (Phi) is 4.06. The Morgan fingerprint density at radius 3 is 2.58 bits per heavy atom. The van der Waals surface area contributed by atoms with E-state index < -0.39 is 0 Å². The highest BCUT2D eigenvalue weighted by Gasteiger charge is 2.19. The molecule has 0 spiro atoms. The number of hydrogen-bond donors (Lipinski definition) is 0. The monoisotopic (exact) mass is 233 g/mol. The first-order chi connectivity index (χ1) is 5.74. The maximum Gasteiger partial charge on any atom is 0.222 e. The lowest BCUT2D eigenvalue weighted by Gasteiger charge is -2.29. The number of carbonyl (C=O) groups excluding carboxylic acids is 1. The Bertz CT molecular complexity index is 153. The van der Waals surface area contributed by atoms with Crippen LogP contribution in [0.4, 0.5) is 0 Å². The molecule has 70 valence electrons. The van der Waals surface area contributed by atoms with Crippen molar-refractivity contribution in [3.05, 3.63) is 0 Å². The van der Waals surface area contributed by atoms with Gasteiger partial charge in [-0.3, -0.25) is 4.79 Å². The van der Waals surface area contributed by atoms with Crippen LogP contribution in [0, 0.1) is 0 Å². The Morgan fingerprint density at radius 2 is 2.08 bits per heavy atom. The van der Waals surface area contributed by atoms with Crippen LogP contribution < -0.4 is 0 Å². The Morgan fingerprint density at radius 1 is 1.50 bits per heavy atom. The van der Waals surface area contributed by atoms with E-state index >= 15 is 0 Å². The number of halogens is 1. The number of alkyl halides is 1. The number of nitrogens with zero attached hydrogens (tertiary/aromatic N) is 1. The minimum Gasteiger partial charge on any atom is -0.343 e. The molecule has 0 radical (unpaired) electrons. The van der Waals surface area contributed by atoms with E-state index in [4.69, 9.17) is 0 Å². The second kappa shape index (κ2) is 4.85. The van der Waals surface area contributed by atoms with E-state index in [1.54, 1.807) is 0 Å². The van der Waals surface area contributed by atoms with Crippen LogP contribution in [0.1, 0.15) is 32.6 Å². The third kappa shape index (κ3) is 2.77. The minimum atomic E-state index is 0.330. The average molecular weight is 234 g/mol. The number of carbonyl (C=O) groups is 1. The highest BCUT2D eigenvalue weighted by atomic mass is 79.9. The molecule has 0 saturated carbocycles. The molecule has 1 amide bonds. The molecule has 1 saturated heterocycles. The first kappa shape index (κ1) is 10.0. The lowest BCUT2D eigenvalue weighted by atomic mass is 10.1. The van der Waals surface area contributed by atoms with Crippen molar-refractivity contribution < 1.29 is 4.79 Å². The van der Waals surface area contributed by atoms with Crippen molar-refractivity contribution in [1.82, 2.24) is 4.90 Å². The average Bonchev–Trinajstić information content (AvgIpc) is 2.06. The standard InChI is InChI=1S/C9H16BrNO/c1-2-3-9(12)11-6-4-8(10)5-7-11/h8H,2-7H2,1H3. The molecular weight excluding hydrogens is 218 g/mol. The molecule has 1 fully saturated rings. The quantitative estimate of drug-likeness (QED) is 0.670. The zero-order valence-electron chi connectivity index (χ0n) is 7.55. The van der Waals surface area contributed by atoms with Gasteiger partial charge in [0.1, 0.15) is 0 Å². The van der Waals surface area contributed by atoms with Gasteiger partial charge in [-0.15, -0.1) is 0 Å². The SMILES string of the molecule is CCCC(=O)N1CCC(Br)CC1. The third-order valence-electron chi connectivity index (χ3n) is 2.24. The van der Waals surface area contributed by atoms with E-state index in [2.05, 4.69) is 22.9 Å². The number of likely N-dealkylation sites (tertiary alicyclic amines) is 1. The zero-order chi connectivity index (χ0) is 8.97. The highest BCUT2D eigenvalue weighted by Crippen LogP contribution is 2.17. The molecule has 3 heteroatoms. The lowest BCUT2D eigenvalue weighted by Crippen LogP contribution is -2.38. The van der Waals surface area contributed by atoms with Gasteiger partial charge < -0.3 is 4.90 Å². The largest absolute Gasteiger partial charge is 0.343 e. The van der Waals surface area contributed by atoms with Gasteiger partial charge in [0.25, 0.3) is 0 Å². The van der Waals surface area contributed by atoms with Gasteiger partial charge in [0.05, 0.1) is 0 Å². The molecule has 0 aliphatic carbocycles. The van der Waals surface area contributed by atoms with Gasteiger partial charge >= 0.3 is 0 Å². The summed E-state index contributed by atoms with van der Waals surface area (Å²) >= 11 is 3.57. The number of hydrogen-bond acceptors (Lipinski definition) is 1. The fourth-order valence-corrected chi connectivity index (χ4v) is 1.88. The molecule has 0 bridgehead atoms. The second-order valence-electron chi connectivity index (χ2n) is 3.31. The third-order valence-corrected chi connectivity index (χ3v) is 3.16. The maximum absolute atomic E-state index is 11.4. The van der Waals surface area contributed by atoms with E-state index in [0.29, 0.717) is 17.2 Å². The second-order valence-corrected chi connectivity index (χ2v) is 4.60. The van der Waals surface area contributed by atoms with E-state index in [0.717, 1.165) is 32.4 Å². The summed E-state index contributed by atoms with van der Waals surface area (Å²) < 4.78 is 0. The minimum absolute atomic E-state index is 0.330. The zero-order valence-corrected chi connectivity index (χ0v) is 9.14. The topological polar surface area (TPSA) is 20.3 Å². The van der Waals surface area contributed by atoms with Crippen LogP contribution in [0.3, 0.4) is 0 Å². The lowest BCUT2D eigenvalue weighted by molar-refractivity contribution is -0.132. The van der Waals surface area contributed by atoms with Crippen molar-refractivity contribution in [2.24, 2.45) is 0 Å². The van der Waals surface area contributed by atoms with Crippen LogP contribution in [0.15, 0.2) is 0 Å². The molecular formula is C9H16BrNO. The summed E-state index contributed by atoms with van der Waals surface area (Å²) in [5.41, 5.74) is 0. The van der Waals surface area contributed by atoms with Crippen LogP contribution in [0.5, 0.6) is 0 Å². The van der Waals surface area contributed by atoms with Gasteiger partial charge in [-0.1, -0.05) is 22.9 Å². The first-order valence-electron chi connectivity index (χ1n) is 4.66. The van der Waals surface area contributed by atoms with E-state index in [1.807, 2.05) is 4.90 Å². The first-order valence-corrected chi connectivity index (χ1v) is 5.57.